The van der Waals surface area contributed by atoms with Crippen LogP contribution >= 0.6 is 11.6 Å². The van der Waals surface area contributed by atoms with E-state index in [4.69, 9.17) is 17.3 Å². The van der Waals surface area contributed by atoms with Gasteiger partial charge in [-0.15, -0.1) is 5.53 Å². The quantitative estimate of drug-likeness (QED) is 0.276. The van der Waals surface area contributed by atoms with Crippen LogP contribution in [0.3, 0.4) is 0 Å². The highest BCUT2D eigenvalue weighted by Gasteiger charge is 2.21. The van der Waals surface area contributed by atoms with Crippen LogP contribution in [0.15, 0.2) is 84.0 Å². The number of carbonyl (C=O) groups excluding carboxylic acids is 3. The van der Waals surface area contributed by atoms with Gasteiger partial charge in [-0.2, -0.15) is 5.10 Å². The van der Waals surface area contributed by atoms with Gasteiger partial charge >= 0.3 is 0 Å². The number of nitrogens with one attached hydrogen (secondary N) is 4. The summed E-state index contributed by atoms with van der Waals surface area (Å²) in [5, 5.41) is 11.6. The Balaban J connectivity index is 1.50. The molecule has 0 fully saturated rings. The maximum atomic E-state index is 13.1. The molecule has 1 aliphatic heterocycles. The number of primary amides is 1. The van der Waals surface area contributed by atoms with Crippen LogP contribution < -0.4 is 32.4 Å². The third-order valence-electron chi connectivity index (χ3n) is 5.42. The number of benzene rings is 3. The summed E-state index contributed by atoms with van der Waals surface area (Å²) < 4.78 is 0. The summed E-state index contributed by atoms with van der Waals surface area (Å²) in [6.45, 7) is 0. The van der Waals surface area contributed by atoms with Crippen LogP contribution in [-0.4, -0.2) is 30.1 Å². The predicted octanol–water partition coefficient (Wildman–Crippen LogP) is 2.59. The Labute approximate surface area is 218 Å². The minimum absolute atomic E-state index is 0.272. The average molecular weight is 518 g/mol. The molecular formula is C26H24ClN7O3. The smallest absolute Gasteiger partial charge is 0.248 e. The first kappa shape index (κ1) is 25.4. The van der Waals surface area contributed by atoms with Gasteiger partial charge in [-0.05, 0) is 54.1 Å². The van der Waals surface area contributed by atoms with E-state index in [2.05, 4.69) is 26.8 Å². The Morgan fingerprint density at radius 3 is 2.49 bits per heavy atom. The van der Waals surface area contributed by atoms with E-state index in [-0.39, 0.29) is 6.42 Å². The van der Waals surface area contributed by atoms with Crippen molar-refractivity contribution in [2.24, 2.45) is 10.8 Å². The van der Waals surface area contributed by atoms with E-state index in [1.165, 1.54) is 24.5 Å². The molecule has 0 saturated carbocycles. The van der Waals surface area contributed by atoms with Gasteiger partial charge in [-0.25, -0.2) is 10.5 Å². The number of nitrogens with zero attached hydrogens (tertiary/aromatic N) is 2. The summed E-state index contributed by atoms with van der Waals surface area (Å²) in [6.07, 6.45) is 4.75. The lowest BCUT2D eigenvalue weighted by Gasteiger charge is -2.18. The molecular weight excluding hydrogens is 494 g/mol. The van der Waals surface area contributed by atoms with Crippen LogP contribution in [0, 0.1) is 0 Å². The van der Waals surface area contributed by atoms with E-state index in [0.29, 0.717) is 27.5 Å². The van der Waals surface area contributed by atoms with E-state index in [9.17, 15) is 14.4 Å². The molecule has 37 heavy (non-hydrogen) atoms. The van der Waals surface area contributed by atoms with Crippen molar-refractivity contribution in [3.63, 3.8) is 0 Å². The Hall–Kier alpha value is -4.67. The fourth-order valence-corrected chi connectivity index (χ4v) is 3.77. The second-order valence-electron chi connectivity index (χ2n) is 8.06. The zero-order chi connectivity index (χ0) is 26.2. The van der Waals surface area contributed by atoms with Crippen molar-refractivity contribution in [1.29, 1.82) is 0 Å². The molecule has 188 valence electrons. The highest BCUT2D eigenvalue weighted by Crippen LogP contribution is 2.24. The largest absolute Gasteiger partial charge is 0.366 e. The Kier molecular flexibility index (Phi) is 8.14. The molecule has 3 amide bonds. The van der Waals surface area contributed by atoms with E-state index >= 15 is 0 Å². The maximum absolute atomic E-state index is 13.1. The maximum Gasteiger partial charge on any atom is 0.248 e. The summed E-state index contributed by atoms with van der Waals surface area (Å²) in [7, 11) is 0. The van der Waals surface area contributed by atoms with Crippen molar-refractivity contribution in [3.05, 3.63) is 101 Å². The minimum atomic E-state index is -0.870. The zero-order valence-corrected chi connectivity index (χ0v) is 20.3. The summed E-state index contributed by atoms with van der Waals surface area (Å²) in [4.78, 5) is 37.3. The SMILES string of the molecule is NC(=O)c1ccc(NC(=O)[C@H](Cc2ccccc2)NC(=O)/C=C/c2cc(Cl)ccc2N2C=NNN2)cc1. The lowest BCUT2D eigenvalue weighted by Crippen LogP contribution is -2.44. The first-order chi connectivity index (χ1) is 17.9. The van der Waals surface area contributed by atoms with Gasteiger partial charge in [0.25, 0.3) is 0 Å². The molecule has 4 rings (SSSR count). The van der Waals surface area contributed by atoms with E-state index in [1.807, 2.05) is 30.3 Å². The van der Waals surface area contributed by atoms with Crippen molar-refractivity contribution < 1.29 is 14.4 Å². The van der Waals surface area contributed by atoms with Crippen LogP contribution in [0.2, 0.25) is 5.02 Å². The van der Waals surface area contributed by atoms with Gasteiger partial charge < -0.3 is 16.4 Å². The van der Waals surface area contributed by atoms with Gasteiger partial charge in [0.05, 0.1) is 5.69 Å². The third-order valence-corrected chi connectivity index (χ3v) is 5.66. The Morgan fingerprint density at radius 2 is 1.81 bits per heavy atom. The molecule has 0 unspecified atom stereocenters. The highest BCUT2D eigenvalue weighted by atomic mass is 35.5. The second kappa shape index (κ2) is 11.8. The van der Waals surface area contributed by atoms with Gasteiger partial charge in [0.2, 0.25) is 17.7 Å². The van der Waals surface area contributed by atoms with Crippen LogP contribution in [0.4, 0.5) is 11.4 Å². The Bertz CT molecular complexity index is 1340. The van der Waals surface area contributed by atoms with Crippen molar-refractivity contribution in [2.75, 3.05) is 10.3 Å². The lowest BCUT2D eigenvalue weighted by atomic mass is 10.0. The number of hydrazine groups is 2. The van der Waals surface area contributed by atoms with Gasteiger partial charge in [0.1, 0.15) is 12.4 Å². The molecule has 3 aromatic rings. The molecule has 1 heterocycles. The molecule has 0 aromatic heterocycles. The van der Waals surface area contributed by atoms with Crippen LogP contribution in [-0.2, 0) is 16.0 Å². The molecule has 0 bridgehead atoms. The van der Waals surface area contributed by atoms with Crippen LogP contribution in [0.5, 0.6) is 0 Å². The number of hydrazone groups is 1. The van der Waals surface area contributed by atoms with Crippen LogP contribution in [0.25, 0.3) is 6.08 Å². The molecule has 1 aliphatic rings. The number of anilines is 2. The fraction of sp³-hybridized carbons (Fsp3) is 0.0769. The topological polar surface area (TPSA) is 141 Å². The second-order valence-corrected chi connectivity index (χ2v) is 8.49. The number of amides is 3. The van der Waals surface area contributed by atoms with Gasteiger partial charge in [-0.3, -0.25) is 14.4 Å². The van der Waals surface area contributed by atoms with Crippen molar-refractivity contribution in [3.8, 4) is 0 Å². The monoisotopic (exact) mass is 517 g/mol. The summed E-state index contributed by atoms with van der Waals surface area (Å²) in [5.74, 6) is -1.44. The van der Waals surface area contributed by atoms with E-state index in [1.54, 1.807) is 41.4 Å². The van der Waals surface area contributed by atoms with Gasteiger partial charge in [0.15, 0.2) is 0 Å². The first-order valence-electron chi connectivity index (χ1n) is 11.2. The highest BCUT2D eigenvalue weighted by molar-refractivity contribution is 6.30. The van der Waals surface area contributed by atoms with Crippen molar-refractivity contribution >= 4 is 53.1 Å². The third kappa shape index (κ3) is 6.94. The number of halogens is 1. The van der Waals surface area contributed by atoms with E-state index in [0.717, 1.165) is 5.56 Å². The first-order valence-corrected chi connectivity index (χ1v) is 11.6. The molecule has 0 saturated heterocycles. The average Bonchev–Trinajstić information content (AvgIpc) is 3.43. The number of hydrogen-bond acceptors (Lipinski definition) is 7. The minimum Gasteiger partial charge on any atom is -0.366 e. The Morgan fingerprint density at radius 1 is 1.05 bits per heavy atom. The number of hydrogen-bond donors (Lipinski definition) is 5. The molecule has 11 heteroatoms. The molecule has 10 nitrogen and oxygen atoms in total. The zero-order valence-electron chi connectivity index (χ0n) is 19.5. The van der Waals surface area contributed by atoms with Gasteiger partial charge in [0, 0.05) is 34.3 Å². The van der Waals surface area contributed by atoms with Gasteiger partial charge in [-0.1, -0.05) is 41.9 Å². The van der Waals surface area contributed by atoms with Crippen molar-refractivity contribution in [2.45, 2.75) is 12.5 Å². The van der Waals surface area contributed by atoms with Crippen molar-refractivity contribution in [1.82, 2.24) is 16.4 Å². The molecule has 0 spiro atoms. The normalized spacial score (nSPS) is 13.3. The molecule has 1 atom stereocenters. The number of rotatable bonds is 9. The molecule has 6 N–H and O–H groups in total. The summed E-state index contributed by atoms with van der Waals surface area (Å²) in [6, 6.07) is 19.9. The predicted molar refractivity (Wildman–Crippen MR) is 143 cm³/mol. The standard InChI is InChI=1S/C26H24ClN7O3/c27-20-9-12-23(34-16-29-32-33-34)19(15-20)8-13-24(35)31-22(14-17-4-2-1-3-5-17)26(37)30-21-10-6-18(7-11-21)25(28)36/h1-13,15-16,22,32-33H,14H2,(H2,28,36)(H,30,37)(H,31,35)/b13-8+/t22-/m0/s1. The lowest BCUT2D eigenvalue weighted by molar-refractivity contribution is -0.123. The molecule has 3 aromatic carbocycles. The summed E-state index contributed by atoms with van der Waals surface area (Å²) >= 11 is 6.16. The molecule has 0 aliphatic carbocycles. The number of carbonyl (C=O) groups is 3. The van der Waals surface area contributed by atoms with E-state index < -0.39 is 23.8 Å². The molecule has 0 radical (unpaired) electrons. The van der Waals surface area contributed by atoms with Crippen LogP contribution in [0.1, 0.15) is 21.5 Å². The summed E-state index contributed by atoms with van der Waals surface area (Å²) in [5.41, 5.74) is 13.7. The fourth-order valence-electron chi connectivity index (χ4n) is 3.59. The number of nitrogens with two attached hydrogens (primary N) is 1.